The third-order valence-corrected chi connectivity index (χ3v) is 3.44. The number of hydrazine groups is 1. The molecular formula is C12H28N4O. The number of nitrogens with two attached hydrogens (primary N) is 1. The summed E-state index contributed by atoms with van der Waals surface area (Å²) in [4.78, 5) is 2.34. The van der Waals surface area contributed by atoms with E-state index in [1.807, 2.05) is 0 Å². The van der Waals surface area contributed by atoms with Gasteiger partial charge in [-0.25, -0.2) is 5.01 Å². The summed E-state index contributed by atoms with van der Waals surface area (Å²) in [5.41, 5.74) is 9.22. The van der Waals surface area contributed by atoms with E-state index in [2.05, 4.69) is 36.2 Å². The lowest BCUT2D eigenvalue weighted by Crippen LogP contribution is -2.56. The molecule has 0 saturated carbocycles. The summed E-state index contributed by atoms with van der Waals surface area (Å²) in [6.07, 6.45) is 0.923. The number of piperazine rings is 1. The molecule has 0 aromatic carbocycles. The molecule has 1 fully saturated rings. The van der Waals surface area contributed by atoms with E-state index in [4.69, 9.17) is 10.5 Å². The van der Waals surface area contributed by atoms with Gasteiger partial charge in [0.05, 0.1) is 5.60 Å². The van der Waals surface area contributed by atoms with Crippen molar-refractivity contribution in [2.45, 2.75) is 31.9 Å². The monoisotopic (exact) mass is 244 g/mol. The highest BCUT2D eigenvalue weighted by Crippen LogP contribution is 2.15. The zero-order chi connectivity index (χ0) is 12.9. The summed E-state index contributed by atoms with van der Waals surface area (Å²) >= 11 is 0. The average Bonchev–Trinajstić information content (AvgIpc) is 2.31. The van der Waals surface area contributed by atoms with Gasteiger partial charge in [0.1, 0.15) is 0 Å². The van der Waals surface area contributed by atoms with Crippen LogP contribution in [0.5, 0.6) is 0 Å². The minimum absolute atomic E-state index is 0.121. The molecule has 1 heterocycles. The maximum Gasteiger partial charge on any atom is 0.0638 e. The molecule has 1 rings (SSSR count). The van der Waals surface area contributed by atoms with Gasteiger partial charge in [0, 0.05) is 45.9 Å². The summed E-state index contributed by atoms with van der Waals surface area (Å²) in [5.74, 6) is 0. The van der Waals surface area contributed by atoms with E-state index in [0.717, 1.165) is 32.6 Å². The lowest BCUT2D eigenvalue weighted by Gasteiger charge is -2.37. The van der Waals surface area contributed by atoms with E-state index in [1.165, 1.54) is 0 Å². The van der Waals surface area contributed by atoms with Crippen LogP contribution < -0.4 is 11.2 Å². The van der Waals surface area contributed by atoms with Crippen LogP contribution in [0.3, 0.4) is 0 Å². The third kappa shape index (κ3) is 5.31. The Hall–Kier alpha value is -0.200. The van der Waals surface area contributed by atoms with Crippen LogP contribution in [0.15, 0.2) is 0 Å². The number of hydrogen-bond donors (Lipinski definition) is 2. The van der Waals surface area contributed by atoms with Gasteiger partial charge in [-0.15, -0.1) is 0 Å². The van der Waals surface area contributed by atoms with Gasteiger partial charge >= 0.3 is 0 Å². The van der Waals surface area contributed by atoms with Gasteiger partial charge in [-0.05, 0) is 27.3 Å². The SMILES string of the molecule is COC(C)(C)CC(CN)NN1CCN(C)CC1. The maximum absolute atomic E-state index is 5.82. The number of nitrogens with one attached hydrogen (secondary N) is 1. The largest absolute Gasteiger partial charge is 0.379 e. The number of rotatable bonds is 6. The van der Waals surface area contributed by atoms with Crippen LogP contribution in [0.25, 0.3) is 0 Å². The smallest absolute Gasteiger partial charge is 0.0638 e. The first-order chi connectivity index (χ1) is 7.96. The first-order valence-electron chi connectivity index (χ1n) is 6.42. The second kappa shape index (κ2) is 6.66. The Morgan fingerprint density at radius 3 is 2.35 bits per heavy atom. The summed E-state index contributed by atoms with van der Waals surface area (Å²) in [6.45, 7) is 9.17. The predicted octanol–water partition coefficient (Wildman–Crippen LogP) is -0.119. The van der Waals surface area contributed by atoms with Crippen LogP contribution in [0, 0.1) is 0 Å². The van der Waals surface area contributed by atoms with Gasteiger partial charge in [-0.2, -0.15) is 0 Å². The Labute approximate surface area is 105 Å². The van der Waals surface area contributed by atoms with Crippen molar-refractivity contribution in [3.63, 3.8) is 0 Å². The molecule has 5 heteroatoms. The summed E-state index contributed by atoms with van der Waals surface area (Å²) in [5, 5.41) is 2.28. The van der Waals surface area contributed by atoms with E-state index in [1.54, 1.807) is 7.11 Å². The lowest BCUT2D eigenvalue weighted by atomic mass is 9.99. The van der Waals surface area contributed by atoms with Crippen LogP contribution in [0.1, 0.15) is 20.3 Å². The first kappa shape index (κ1) is 14.9. The zero-order valence-electron chi connectivity index (χ0n) is 11.7. The van der Waals surface area contributed by atoms with Gasteiger partial charge in [-0.3, -0.25) is 5.43 Å². The molecule has 1 aliphatic rings. The quantitative estimate of drug-likeness (QED) is 0.682. The fourth-order valence-corrected chi connectivity index (χ4v) is 2.05. The van der Waals surface area contributed by atoms with Crippen molar-refractivity contribution in [2.75, 3.05) is 46.9 Å². The molecule has 0 aromatic rings. The summed E-state index contributed by atoms with van der Waals surface area (Å²) in [7, 11) is 3.91. The molecule has 0 aromatic heterocycles. The molecule has 0 aliphatic carbocycles. The highest BCUT2D eigenvalue weighted by atomic mass is 16.5. The molecule has 1 unspecified atom stereocenters. The number of nitrogens with zero attached hydrogens (tertiary/aromatic N) is 2. The standard InChI is InChI=1S/C12H28N4O/c1-12(2,17-4)9-11(10-13)14-16-7-5-15(3)6-8-16/h11,14H,5-10,13H2,1-4H3. The van der Waals surface area contributed by atoms with Crippen molar-refractivity contribution in [1.82, 2.24) is 15.3 Å². The van der Waals surface area contributed by atoms with E-state index in [9.17, 15) is 0 Å². The second-order valence-corrected chi connectivity index (χ2v) is 5.52. The first-order valence-corrected chi connectivity index (χ1v) is 6.42. The minimum Gasteiger partial charge on any atom is -0.379 e. The topological polar surface area (TPSA) is 53.8 Å². The minimum atomic E-state index is -0.121. The van der Waals surface area contributed by atoms with Gasteiger partial charge in [-0.1, -0.05) is 0 Å². The molecule has 0 radical (unpaired) electrons. The lowest BCUT2D eigenvalue weighted by molar-refractivity contribution is -0.00502. The Bertz CT molecular complexity index is 215. The van der Waals surface area contributed by atoms with Crippen LogP contribution in [0.4, 0.5) is 0 Å². The Balaban J connectivity index is 2.36. The highest BCUT2D eigenvalue weighted by molar-refractivity contribution is 4.79. The molecule has 1 aliphatic heterocycles. The summed E-state index contributed by atoms with van der Waals surface area (Å²) in [6, 6.07) is 0.286. The molecule has 17 heavy (non-hydrogen) atoms. The van der Waals surface area contributed by atoms with Crippen molar-refractivity contribution in [2.24, 2.45) is 5.73 Å². The molecule has 5 nitrogen and oxygen atoms in total. The average molecular weight is 244 g/mol. The molecule has 3 N–H and O–H groups in total. The maximum atomic E-state index is 5.82. The number of methoxy groups -OCH3 is 1. The predicted molar refractivity (Wildman–Crippen MR) is 70.8 cm³/mol. The Morgan fingerprint density at radius 2 is 1.88 bits per heavy atom. The fraction of sp³-hybridized carbons (Fsp3) is 1.00. The number of hydrogen-bond acceptors (Lipinski definition) is 5. The van der Waals surface area contributed by atoms with Crippen molar-refractivity contribution in [3.05, 3.63) is 0 Å². The molecule has 102 valence electrons. The zero-order valence-corrected chi connectivity index (χ0v) is 11.7. The van der Waals surface area contributed by atoms with Gasteiger partial charge in [0.25, 0.3) is 0 Å². The van der Waals surface area contributed by atoms with Crippen LogP contribution >= 0.6 is 0 Å². The number of likely N-dealkylation sites (N-methyl/N-ethyl adjacent to an activating group) is 1. The van der Waals surface area contributed by atoms with Gasteiger partial charge in [0.15, 0.2) is 0 Å². The number of ether oxygens (including phenoxy) is 1. The molecule has 0 bridgehead atoms. The van der Waals surface area contributed by atoms with E-state index in [-0.39, 0.29) is 11.6 Å². The second-order valence-electron chi connectivity index (χ2n) is 5.52. The van der Waals surface area contributed by atoms with E-state index >= 15 is 0 Å². The van der Waals surface area contributed by atoms with Gasteiger partial charge < -0.3 is 15.4 Å². The molecule has 0 spiro atoms. The highest BCUT2D eigenvalue weighted by Gasteiger charge is 2.24. The fourth-order valence-electron chi connectivity index (χ4n) is 2.05. The van der Waals surface area contributed by atoms with Crippen LogP contribution in [0.2, 0.25) is 0 Å². The third-order valence-electron chi connectivity index (χ3n) is 3.44. The van der Waals surface area contributed by atoms with Crippen molar-refractivity contribution >= 4 is 0 Å². The summed E-state index contributed by atoms with van der Waals surface area (Å²) < 4.78 is 5.45. The van der Waals surface area contributed by atoms with Crippen molar-refractivity contribution in [3.8, 4) is 0 Å². The van der Waals surface area contributed by atoms with Crippen molar-refractivity contribution in [1.29, 1.82) is 0 Å². The van der Waals surface area contributed by atoms with Crippen molar-refractivity contribution < 1.29 is 4.74 Å². The molecular weight excluding hydrogens is 216 g/mol. The Kier molecular flexibility index (Phi) is 5.82. The van der Waals surface area contributed by atoms with Crippen LogP contribution in [-0.4, -0.2) is 68.4 Å². The molecule has 0 amide bonds. The van der Waals surface area contributed by atoms with E-state index < -0.39 is 0 Å². The molecule has 1 saturated heterocycles. The Morgan fingerprint density at radius 1 is 1.29 bits per heavy atom. The van der Waals surface area contributed by atoms with Gasteiger partial charge in [0.2, 0.25) is 0 Å². The molecule has 1 atom stereocenters. The normalized spacial score (nSPS) is 21.7. The van der Waals surface area contributed by atoms with Crippen LogP contribution in [-0.2, 0) is 4.74 Å². The van der Waals surface area contributed by atoms with E-state index in [0.29, 0.717) is 6.54 Å².